The number of azide groups is 2. The SMILES string of the molecule is Cc1ccccc1CCC(C)(CN=[N+]=[N-])CN=[N+]=[N-]. The van der Waals surface area contributed by atoms with Gasteiger partial charge in [-0.1, -0.05) is 41.4 Å². The van der Waals surface area contributed by atoms with Crippen LogP contribution in [0.25, 0.3) is 20.9 Å². The van der Waals surface area contributed by atoms with Crippen LogP contribution in [0.15, 0.2) is 34.5 Å². The van der Waals surface area contributed by atoms with E-state index in [1.54, 1.807) is 0 Å². The van der Waals surface area contributed by atoms with Crippen LogP contribution >= 0.6 is 0 Å². The average Bonchev–Trinajstić information content (AvgIpc) is 2.42. The number of rotatable bonds is 7. The third-order valence-corrected chi connectivity index (χ3v) is 3.29. The van der Waals surface area contributed by atoms with E-state index >= 15 is 0 Å². The van der Waals surface area contributed by atoms with Gasteiger partial charge in [-0.3, -0.25) is 0 Å². The second-order valence-electron chi connectivity index (χ2n) is 5.02. The predicted molar refractivity (Wildman–Crippen MR) is 75.6 cm³/mol. The third-order valence-electron chi connectivity index (χ3n) is 3.29. The number of hydrogen-bond donors (Lipinski definition) is 0. The molecule has 1 aromatic rings. The number of hydrogen-bond acceptors (Lipinski definition) is 2. The molecule has 0 radical (unpaired) electrons. The van der Waals surface area contributed by atoms with Crippen LogP contribution in [0, 0.1) is 12.3 Å². The van der Waals surface area contributed by atoms with Crippen LogP contribution in [-0.4, -0.2) is 13.1 Å². The molecule has 100 valence electrons. The molecule has 0 N–H and O–H groups in total. The van der Waals surface area contributed by atoms with Crippen molar-refractivity contribution in [3.05, 3.63) is 56.3 Å². The monoisotopic (exact) mass is 258 g/mol. The Hall–Kier alpha value is -2.16. The van der Waals surface area contributed by atoms with Gasteiger partial charge in [-0.15, -0.1) is 0 Å². The molecule has 0 fully saturated rings. The highest BCUT2D eigenvalue weighted by atomic mass is 15.2. The second-order valence-corrected chi connectivity index (χ2v) is 5.02. The van der Waals surface area contributed by atoms with Gasteiger partial charge in [0.25, 0.3) is 0 Å². The zero-order chi connectivity index (χ0) is 14.1. The van der Waals surface area contributed by atoms with Gasteiger partial charge in [0.2, 0.25) is 0 Å². The van der Waals surface area contributed by atoms with Crippen molar-refractivity contribution in [2.24, 2.45) is 15.6 Å². The summed E-state index contributed by atoms with van der Waals surface area (Å²) in [5.41, 5.74) is 19.1. The first-order valence-corrected chi connectivity index (χ1v) is 6.17. The summed E-state index contributed by atoms with van der Waals surface area (Å²) in [5, 5.41) is 7.26. The van der Waals surface area contributed by atoms with E-state index in [0.29, 0.717) is 13.1 Å². The Kier molecular flexibility index (Phi) is 5.73. The van der Waals surface area contributed by atoms with Crippen molar-refractivity contribution >= 4 is 0 Å². The third kappa shape index (κ3) is 4.92. The van der Waals surface area contributed by atoms with Gasteiger partial charge in [-0.05, 0) is 47.4 Å². The summed E-state index contributed by atoms with van der Waals surface area (Å²) in [6.07, 6.45) is 1.70. The fourth-order valence-electron chi connectivity index (χ4n) is 1.94. The van der Waals surface area contributed by atoms with Crippen molar-refractivity contribution in [1.82, 2.24) is 0 Å². The van der Waals surface area contributed by atoms with Crippen LogP contribution in [0.1, 0.15) is 24.5 Å². The molecule has 0 bridgehead atoms. The number of benzene rings is 1. The average molecular weight is 258 g/mol. The molecule has 0 saturated heterocycles. The van der Waals surface area contributed by atoms with Gasteiger partial charge in [-0.25, -0.2) is 0 Å². The highest BCUT2D eigenvalue weighted by molar-refractivity contribution is 5.25. The van der Waals surface area contributed by atoms with Crippen LogP contribution in [0.2, 0.25) is 0 Å². The minimum Gasteiger partial charge on any atom is -0.0934 e. The normalized spacial score (nSPS) is 12.9. The Morgan fingerprint density at radius 3 is 2.21 bits per heavy atom. The van der Waals surface area contributed by atoms with E-state index in [1.165, 1.54) is 11.1 Å². The second kappa shape index (κ2) is 7.31. The zero-order valence-electron chi connectivity index (χ0n) is 11.3. The molecule has 19 heavy (non-hydrogen) atoms. The molecule has 0 aromatic heterocycles. The zero-order valence-corrected chi connectivity index (χ0v) is 11.3. The summed E-state index contributed by atoms with van der Waals surface area (Å²) in [5.74, 6) is 0. The highest BCUT2D eigenvalue weighted by Crippen LogP contribution is 2.26. The molecule has 0 unspecified atom stereocenters. The topological polar surface area (TPSA) is 97.5 Å². The van der Waals surface area contributed by atoms with Gasteiger partial charge in [0, 0.05) is 22.9 Å². The molecule has 1 rings (SSSR count). The van der Waals surface area contributed by atoms with E-state index in [9.17, 15) is 0 Å². The quantitative estimate of drug-likeness (QED) is 0.389. The van der Waals surface area contributed by atoms with E-state index in [-0.39, 0.29) is 5.41 Å². The molecule has 1 aromatic carbocycles. The largest absolute Gasteiger partial charge is 0.0934 e. The van der Waals surface area contributed by atoms with Crippen LogP contribution in [0.5, 0.6) is 0 Å². The lowest BCUT2D eigenvalue weighted by Crippen LogP contribution is -2.24. The van der Waals surface area contributed by atoms with E-state index in [4.69, 9.17) is 11.1 Å². The summed E-state index contributed by atoms with van der Waals surface area (Å²) in [6.45, 7) is 4.74. The van der Waals surface area contributed by atoms with Gasteiger partial charge < -0.3 is 0 Å². The van der Waals surface area contributed by atoms with Crippen molar-refractivity contribution in [2.75, 3.05) is 13.1 Å². The van der Waals surface area contributed by atoms with Crippen molar-refractivity contribution in [3.63, 3.8) is 0 Å². The van der Waals surface area contributed by atoms with E-state index < -0.39 is 0 Å². The molecule has 0 atom stereocenters. The molecule has 0 heterocycles. The Bertz CT molecular complexity index is 492. The maximum atomic E-state index is 8.44. The van der Waals surface area contributed by atoms with Gasteiger partial charge >= 0.3 is 0 Å². The van der Waals surface area contributed by atoms with E-state index in [2.05, 4.69) is 39.1 Å². The van der Waals surface area contributed by atoms with Crippen LogP contribution in [0.4, 0.5) is 0 Å². The van der Waals surface area contributed by atoms with Gasteiger partial charge in [0.1, 0.15) is 0 Å². The first-order chi connectivity index (χ1) is 9.11. The minimum absolute atomic E-state index is 0.291. The molecule has 0 aliphatic heterocycles. The standard InChI is InChI=1S/C13H18N6/c1-11-5-3-4-6-12(11)7-8-13(2,9-16-18-14)10-17-19-15/h3-6H,7-10H2,1-2H3. The Balaban J connectivity index is 2.74. The summed E-state index contributed by atoms with van der Waals surface area (Å²) in [4.78, 5) is 5.58. The van der Waals surface area contributed by atoms with E-state index in [0.717, 1.165) is 12.8 Å². The van der Waals surface area contributed by atoms with Gasteiger partial charge in [-0.2, -0.15) is 0 Å². The molecular formula is C13H18N6. The maximum absolute atomic E-state index is 8.44. The Morgan fingerprint density at radius 1 is 1.11 bits per heavy atom. The van der Waals surface area contributed by atoms with Crippen LogP contribution in [-0.2, 0) is 6.42 Å². The molecule has 0 amide bonds. The molecule has 0 spiro atoms. The molecule has 6 nitrogen and oxygen atoms in total. The number of aryl methyl sites for hydroxylation is 2. The Labute approximate surface area is 112 Å². The fourth-order valence-corrected chi connectivity index (χ4v) is 1.94. The summed E-state index contributed by atoms with van der Waals surface area (Å²) in [6, 6.07) is 8.20. The molecular weight excluding hydrogens is 240 g/mol. The maximum Gasteiger partial charge on any atom is 0.0313 e. The molecule has 0 aliphatic rings. The minimum atomic E-state index is -0.291. The molecule has 0 saturated carbocycles. The summed E-state index contributed by atoms with van der Waals surface area (Å²) >= 11 is 0. The smallest absolute Gasteiger partial charge is 0.0313 e. The lowest BCUT2D eigenvalue weighted by molar-refractivity contribution is 0.320. The van der Waals surface area contributed by atoms with Gasteiger partial charge in [0.15, 0.2) is 0 Å². The number of nitrogens with zero attached hydrogens (tertiary/aromatic N) is 6. The first kappa shape index (κ1) is 14.9. The van der Waals surface area contributed by atoms with Gasteiger partial charge in [0.05, 0.1) is 0 Å². The van der Waals surface area contributed by atoms with E-state index in [1.807, 2.05) is 19.1 Å². The first-order valence-electron chi connectivity index (χ1n) is 6.17. The predicted octanol–water partition coefficient (Wildman–Crippen LogP) is 4.55. The molecule has 6 heteroatoms. The lowest BCUT2D eigenvalue weighted by Gasteiger charge is -2.26. The highest BCUT2D eigenvalue weighted by Gasteiger charge is 2.22. The van der Waals surface area contributed by atoms with Crippen molar-refractivity contribution in [3.8, 4) is 0 Å². The lowest BCUT2D eigenvalue weighted by atomic mass is 9.83. The van der Waals surface area contributed by atoms with Crippen LogP contribution < -0.4 is 0 Å². The van der Waals surface area contributed by atoms with Crippen molar-refractivity contribution in [1.29, 1.82) is 0 Å². The van der Waals surface area contributed by atoms with Crippen LogP contribution in [0.3, 0.4) is 0 Å². The fraction of sp³-hybridized carbons (Fsp3) is 0.538. The summed E-state index contributed by atoms with van der Waals surface area (Å²) in [7, 11) is 0. The molecule has 0 aliphatic carbocycles. The summed E-state index contributed by atoms with van der Waals surface area (Å²) < 4.78 is 0. The van der Waals surface area contributed by atoms with Crippen molar-refractivity contribution < 1.29 is 0 Å². The van der Waals surface area contributed by atoms with Crippen molar-refractivity contribution in [2.45, 2.75) is 26.7 Å². The Morgan fingerprint density at radius 2 is 1.68 bits per heavy atom.